The van der Waals surface area contributed by atoms with Crippen LogP contribution in [0.4, 0.5) is 26.3 Å². The number of carbonyl (C=O) groups excluding carboxylic acids is 1. The maximum absolute atomic E-state index is 14.1. The van der Waals surface area contributed by atoms with Gasteiger partial charge in [0.15, 0.2) is 11.9 Å². The van der Waals surface area contributed by atoms with Crippen LogP contribution in [-0.4, -0.2) is 48.8 Å². The van der Waals surface area contributed by atoms with Crippen molar-refractivity contribution < 1.29 is 40.6 Å². The average Bonchev–Trinajstić information content (AvgIpc) is 3.15. The van der Waals surface area contributed by atoms with Crippen molar-refractivity contribution in [2.45, 2.75) is 50.6 Å². The second-order valence-corrected chi connectivity index (χ2v) is 6.19. The van der Waals surface area contributed by atoms with Crippen LogP contribution in [0, 0.1) is 5.82 Å². The highest BCUT2D eigenvalue weighted by atomic mass is 19.4. The van der Waals surface area contributed by atoms with Crippen molar-refractivity contribution in [2.24, 2.45) is 0 Å². The first-order valence-electron chi connectivity index (χ1n) is 8.33. The van der Waals surface area contributed by atoms with E-state index in [4.69, 9.17) is 4.74 Å². The van der Waals surface area contributed by atoms with Crippen LogP contribution < -0.4 is 20.1 Å². The first-order valence-corrected chi connectivity index (χ1v) is 8.33. The number of nitrogens with zero attached hydrogens (tertiary/aromatic N) is 1. The number of amides is 1. The number of nitrogens with one attached hydrogen (secondary N) is 2. The fourth-order valence-electron chi connectivity index (χ4n) is 2.57. The topological polar surface area (TPSA) is 72.5 Å². The van der Waals surface area contributed by atoms with E-state index in [0.717, 1.165) is 19.6 Å². The van der Waals surface area contributed by atoms with Gasteiger partial charge in [-0.1, -0.05) is 0 Å². The monoisotopic (exact) mass is 415 g/mol. The molecule has 0 bridgehead atoms. The van der Waals surface area contributed by atoms with E-state index < -0.39 is 29.9 Å². The normalized spacial score (nSPS) is 18.6. The van der Waals surface area contributed by atoms with Crippen molar-refractivity contribution in [1.29, 1.82) is 0 Å². The first kappa shape index (κ1) is 22.1. The van der Waals surface area contributed by atoms with E-state index in [1.54, 1.807) is 0 Å². The molecule has 1 aliphatic rings. The summed E-state index contributed by atoms with van der Waals surface area (Å²) in [7, 11) is 1.14. The number of hydrogen-bond donors (Lipinski definition) is 2. The van der Waals surface area contributed by atoms with Crippen LogP contribution in [0.5, 0.6) is 11.8 Å². The Kier molecular flexibility index (Phi) is 6.63. The van der Waals surface area contributed by atoms with Gasteiger partial charge in [-0.25, -0.2) is 4.39 Å². The number of alkyl halides is 5. The molecule has 6 nitrogen and oxygen atoms in total. The molecule has 1 saturated heterocycles. The number of carbonyl (C=O) groups is 1. The largest absolute Gasteiger partial charge is 0.481 e. The summed E-state index contributed by atoms with van der Waals surface area (Å²) < 4.78 is 87.2. The van der Waals surface area contributed by atoms with Gasteiger partial charge in [0.05, 0.1) is 13.2 Å². The van der Waals surface area contributed by atoms with Crippen LogP contribution in [0.15, 0.2) is 6.07 Å². The van der Waals surface area contributed by atoms with E-state index in [0.29, 0.717) is 19.9 Å². The van der Waals surface area contributed by atoms with E-state index in [9.17, 15) is 31.1 Å². The van der Waals surface area contributed by atoms with Crippen molar-refractivity contribution in [2.75, 3.05) is 13.7 Å². The molecule has 0 spiro atoms. The van der Waals surface area contributed by atoms with Crippen LogP contribution in [-0.2, 0) is 11.3 Å². The van der Waals surface area contributed by atoms with Gasteiger partial charge in [0.25, 0.3) is 5.88 Å². The molecule has 1 amide bonds. The Hall–Kier alpha value is -2.24. The van der Waals surface area contributed by atoms with Gasteiger partial charge in [-0.15, -0.1) is 0 Å². The van der Waals surface area contributed by atoms with Crippen LogP contribution in [0.25, 0.3) is 0 Å². The minimum Gasteiger partial charge on any atom is -0.481 e. The molecule has 0 aromatic carbocycles. The van der Waals surface area contributed by atoms with Gasteiger partial charge in [-0.05, 0) is 32.4 Å². The average molecular weight is 415 g/mol. The van der Waals surface area contributed by atoms with E-state index in [1.807, 2.05) is 0 Å². The highest BCUT2D eigenvalue weighted by Crippen LogP contribution is 2.39. The van der Waals surface area contributed by atoms with E-state index in [-0.39, 0.29) is 29.9 Å². The van der Waals surface area contributed by atoms with Crippen LogP contribution in [0.1, 0.15) is 25.3 Å². The number of ether oxygens (including phenoxy) is 2. The molecule has 158 valence electrons. The van der Waals surface area contributed by atoms with Crippen molar-refractivity contribution in [3.63, 3.8) is 0 Å². The molecule has 0 saturated carbocycles. The number of methoxy groups -OCH3 is 1. The predicted octanol–water partition coefficient (Wildman–Crippen LogP) is 2.56. The summed E-state index contributed by atoms with van der Waals surface area (Å²) in [4.78, 5) is 15.5. The van der Waals surface area contributed by atoms with Gasteiger partial charge in [0, 0.05) is 12.1 Å². The van der Waals surface area contributed by atoms with Crippen molar-refractivity contribution >= 4 is 5.91 Å². The van der Waals surface area contributed by atoms with Crippen LogP contribution in [0.2, 0.25) is 0 Å². The Labute approximate surface area is 156 Å². The zero-order chi connectivity index (χ0) is 21.1. The fraction of sp³-hybridized carbons (Fsp3) is 0.625. The lowest BCUT2D eigenvalue weighted by atomic mass is 10.2. The quantitative estimate of drug-likeness (QED) is 0.670. The molecule has 1 fully saturated rings. The minimum absolute atomic E-state index is 0.0638. The third-order valence-electron chi connectivity index (χ3n) is 4.18. The smallest absolute Gasteiger partial charge is 0.457 e. The lowest BCUT2D eigenvalue weighted by molar-refractivity contribution is -0.306. The molecule has 2 N–H and O–H groups in total. The number of pyridine rings is 1. The summed E-state index contributed by atoms with van der Waals surface area (Å²) in [5.74, 6) is -8.15. The zero-order valence-corrected chi connectivity index (χ0v) is 15.0. The molecule has 0 aliphatic carbocycles. The summed E-state index contributed by atoms with van der Waals surface area (Å²) in [6.07, 6.45) is -7.11. The van der Waals surface area contributed by atoms with E-state index in [2.05, 4.69) is 20.4 Å². The van der Waals surface area contributed by atoms with Crippen molar-refractivity contribution in [1.82, 2.24) is 15.6 Å². The van der Waals surface area contributed by atoms with Gasteiger partial charge in [-0.2, -0.15) is 26.9 Å². The number of aromatic nitrogens is 1. The number of halogens is 6. The highest BCUT2D eigenvalue weighted by molar-refractivity contribution is 5.82. The molecule has 12 heteroatoms. The van der Waals surface area contributed by atoms with Gasteiger partial charge in [0.1, 0.15) is 0 Å². The molecule has 1 unspecified atom stereocenters. The maximum atomic E-state index is 14.1. The second kappa shape index (κ2) is 8.41. The van der Waals surface area contributed by atoms with Crippen molar-refractivity contribution in [3.05, 3.63) is 17.4 Å². The van der Waals surface area contributed by atoms with Crippen molar-refractivity contribution in [3.8, 4) is 11.8 Å². The molecule has 2 heterocycles. The third kappa shape index (κ3) is 4.78. The summed E-state index contributed by atoms with van der Waals surface area (Å²) in [5.41, 5.74) is 0.0638. The van der Waals surface area contributed by atoms with E-state index >= 15 is 0 Å². The lowest BCUT2D eigenvalue weighted by Crippen LogP contribution is -2.48. The fourth-order valence-corrected chi connectivity index (χ4v) is 2.57. The Morgan fingerprint density at radius 2 is 2.04 bits per heavy atom. The van der Waals surface area contributed by atoms with Gasteiger partial charge in [-0.3, -0.25) is 4.79 Å². The van der Waals surface area contributed by atoms with Gasteiger partial charge in [0.2, 0.25) is 11.8 Å². The Morgan fingerprint density at radius 1 is 1.36 bits per heavy atom. The predicted molar refractivity (Wildman–Crippen MR) is 84.7 cm³/mol. The molecule has 28 heavy (non-hydrogen) atoms. The molecule has 0 radical (unpaired) electrons. The number of rotatable bonds is 7. The summed E-state index contributed by atoms with van der Waals surface area (Å²) in [6, 6.07) is 0.416. The Bertz CT molecular complexity index is 708. The van der Waals surface area contributed by atoms with E-state index in [1.165, 1.54) is 0 Å². The molecular formula is C16H19F6N3O3. The lowest BCUT2D eigenvalue weighted by Gasteiger charge is -2.26. The maximum Gasteiger partial charge on any atom is 0.457 e. The number of hydrogen-bond acceptors (Lipinski definition) is 5. The van der Waals surface area contributed by atoms with Crippen LogP contribution in [0.3, 0.4) is 0 Å². The summed E-state index contributed by atoms with van der Waals surface area (Å²) >= 11 is 0. The molecule has 1 aromatic rings. The standard InChI is InChI=1S/C16H19F6N3O3/c1-8(15(18,19)16(20,21)22)28-14-10(17)6-9(13(25-14)27-2)7-24-12(26)11-4-3-5-23-11/h6,8,11,23H,3-5,7H2,1-2H3,(H,24,26)/t8?,11-/m0/s1. The van der Waals surface area contributed by atoms with Gasteiger partial charge >= 0.3 is 12.1 Å². The first-order chi connectivity index (χ1) is 13.0. The molecule has 2 rings (SSSR count). The molecule has 2 atom stereocenters. The summed E-state index contributed by atoms with van der Waals surface area (Å²) in [5, 5.41) is 5.52. The second-order valence-electron chi connectivity index (χ2n) is 6.19. The van der Waals surface area contributed by atoms with Crippen LogP contribution >= 0.6 is 0 Å². The Morgan fingerprint density at radius 3 is 2.57 bits per heavy atom. The summed E-state index contributed by atoms with van der Waals surface area (Å²) in [6.45, 7) is 0.965. The minimum atomic E-state index is -5.87. The molecule has 1 aliphatic heterocycles. The molecule has 1 aromatic heterocycles. The Balaban J connectivity index is 2.13. The van der Waals surface area contributed by atoms with Gasteiger partial charge < -0.3 is 20.1 Å². The zero-order valence-electron chi connectivity index (χ0n) is 15.0. The highest BCUT2D eigenvalue weighted by Gasteiger charge is 2.62. The SMILES string of the molecule is COc1nc(OC(C)C(F)(F)C(F)(F)F)c(F)cc1CNC(=O)[C@@H]1CCCN1. The molecular weight excluding hydrogens is 396 g/mol. The third-order valence-corrected chi connectivity index (χ3v) is 4.18.